The average molecular weight is 436 g/mol. The smallest absolute Gasteiger partial charge is 0.195 e. The van der Waals surface area contributed by atoms with E-state index in [1.54, 1.807) is 18.2 Å². The van der Waals surface area contributed by atoms with Crippen LogP contribution in [0.3, 0.4) is 0 Å². The third-order valence-electron chi connectivity index (χ3n) is 4.08. The molecule has 0 saturated carbocycles. The molecule has 0 radical (unpaired) electrons. The molecule has 0 aliphatic rings. The van der Waals surface area contributed by atoms with E-state index in [0.717, 1.165) is 11.4 Å². The van der Waals surface area contributed by atoms with Crippen LogP contribution in [0.1, 0.15) is 25.8 Å². The Kier molecular flexibility index (Phi) is 9.11. The van der Waals surface area contributed by atoms with Crippen LogP contribution in [0.25, 0.3) is 0 Å². The standard InChI is InChI=1S/C22H30FN3O3S/c1-17(2)29-20-11-9-19(10-12-20)26-22(24-14-6-16-30(3,27)28)25-15-13-18-7-4-5-8-21(18)23/h4-5,7-12,17H,6,13-16H2,1-3H3,(H2,24,25,26). The molecule has 2 rings (SSSR count). The summed E-state index contributed by atoms with van der Waals surface area (Å²) in [6, 6.07) is 14.1. The number of aliphatic imine (C=N–C) groups is 1. The predicted molar refractivity (Wildman–Crippen MR) is 121 cm³/mol. The van der Waals surface area contributed by atoms with Gasteiger partial charge in [-0.3, -0.25) is 4.99 Å². The topological polar surface area (TPSA) is 79.8 Å². The Labute approximate surface area is 178 Å². The summed E-state index contributed by atoms with van der Waals surface area (Å²) in [6.45, 7) is 4.77. The minimum Gasteiger partial charge on any atom is -0.491 e. The van der Waals surface area contributed by atoms with Crippen molar-refractivity contribution in [3.63, 3.8) is 0 Å². The molecule has 0 amide bonds. The minimum atomic E-state index is -3.02. The van der Waals surface area contributed by atoms with E-state index in [9.17, 15) is 12.8 Å². The molecule has 2 aromatic carbocycles. The molecule has 2 aromatic rings. The molecule has 30 heavy (non-hydrogen) atoms. The number of ether oxygens (including phenoxy) is 1. The highest BCUT2D eigenvalue weighted by atomic mass is 32.2. The summed E-state index contributed by atoms with van der Waals surface area (Å²) in [5.74, 6) is 1.13. The molecule has 0 spiro atoms. The van der Waals surface area contributed by atoms with E-state index in [-0.39, 0.29) is 17.7 Å². The van der Waals surface area contributed by atoms with E-state index < -0.39 is 9.84 Å². The van der Waals surface area contributed by atoms with Gasteiger partial charge >= 0.3 is 0 Å². The highest BCUT2D eigenvalue weighted by molar-refractivity contribution is 7.90. The maximum absolute atomic E-state index is 13.8. The Morgan fingerprint density at radius 3 is 2.47 bits per heavy atom. The Morgan fingerprint density at radius 2 is 1.83 bits per heavy atom. The first-order valence-electron chi connectivity index (χ1n) is 9.96. The number of halogens is 1. The Balaban J connectivity index is 1.99. The van der Waals surface area contributed by atoms with Crippen LogP contribution in [-0.4, -0.2) is 45.6 Å². The molecule has 8 heteroatoms. The summed E-state index contributed by atoms with van der Waals surface area (Å²) in [6.07, 6.45) is 2.23. The number of nitrogens with zero attached hydrogens (tertiary/aromatic N) is 1. The minimum absolute atomic E-state index is 0.0836. The molecule has 6 nitrogen and oxygen atoms in total. The van der Waals surface area contributed by atoms with Gasteiger partial charge in [0.05, 0.1) is 11.9 Å². The van der Waals surface area contributed by atoms with Gasteiger partial charge in [-0.1, -0.05) is 18.2 Å². The van der Waals surface area contributed by atoms with E-state index in [2.05, 4.69) is 15.6 Å². The van der Waals surface area contributed by atoms with Gasteiger partial charge in [-0.25, -0.2) is 12.8 Å². The molecular formula is C22H30FN3O3S. The molecule has 0 saturated heterocycles. The first-order chi connectivity index (χ1) is 14.2. The van der Waals surface area contributed by atoms with E-state index in [1.807, 2.05) is 38.1 Å². The van der Waals surface area contributed by atoms with Crippen molar-refractivity contribution in [3.8, 4) is 5.75 Å². The zero-order chi connectivity index (χ0) is 22.0. The molecule has 0 aliphatic carbocycles. The lowest BCUT2D eigenvalue weighted by molar-refractivity contribution is 0.242. The fourth-order valence-electron chi connectivity index (χ4n) is 2.70. The van der Waals surface area contributed by atoms with Crippen LogP contribution in [0.4, 0.5) is 10.1 Å². The van der Waals surface area contributed by atoms with Crippen LogP contribution in [0.15, 0.2) is 53.5 Å². The predicted octanol–water partition coefficient (Wildman–Crippen LogP) is 3.65. The fourth-order valence-corrected chi connectivity index (χ4v) is 3.35. The van der Waals surface area contributed by atoms with E-state index in [4.69, 9.17) is 4.74 Å². The number of benzene rings is 2. The van der Waals surface area contributed by atoms with Crippen LogP contribution in [-0.2, 0) is 16.3 Å². The van der Waals surface area contributed by atoms with Crippen molar-refractivity contribution in [1.29, 1.82) is 0 Å². The van der Waals surface area contributed by atoms with Crippen LogP contribution in [0.2, 0.25) is 0 Å². The summed E-state index contributed by atoms with van der Waals surface area (Å²) in [7, 11) is -3.02. The molecule has 0 aromatic heterocycles. The van der Waals surface area contributed by atoms with Gasteiger partial charge in [0, 0.05) is 25.0 Å². The summed E-state index contributed by atoms with van der Waals surface area (Å²) in [4.78, 5) is 4.45. The fraction of sp³-hybridized carbons (Fsp3) is 0.409. The van der Waals surface area contributed by atoms with Crippen molar-refractivity contribution in [2.45, 2.75) is 32.8 Å². The number of hydrogen-bond acceptors (Lipinski definition) is 4. The maximum atomic E-state index is 13.8. The number of anilines is 1. The number of sulfone groups is 1. The number of rotatable bonds is 10. The molecule has 0 aliphatic heterocycles. The van der Waals surface area contributed by atoms with Gasteiger partial charge in [0.25, 0.3) is 0 Å². The molecule has 164 valence electrons. The third-order valence-corrected chi connectivity index (χ3v) is 5.11. The van der Waals surface area contributed by atoms with Gasteiger partial charge in [0.1, 0.15) is 21.4 Å². The quantitative estimate of drug-likeness (QED) is 0.338. The Hall–Kier alpha value is -2.61. The van der Waals surface area contributed by atoms with Gasteiger partial charge in [0.15, 0.2) is 5.96 Å². The lowest BCUT2D eigenvalue weighted by Crippen LogP contribution is -2.33. The van der Waals surface area contributed by atoms with Crippen molar-refractivity contribution in [3.05, 3.63) is 59.9 Å². The van der Waals surface area contributed by atoms with Gasteiger partial charge in [-0.2, -0.15) is 0 Å². The van der Waals surface area contributed by atoms with Gasteiger partial charge in [0.2, 0.25) is 0 Å². The van der Waals surface area contributed by atoms with Crippen molar-refractivity contribution in [1.82, 2.24) is 5.32 Å². The lowest BCUT2D eigenvalue weighted by Gasteiger charge is -2.14. The second-order valence-electron chi connectivity index (χ2n) is 7.30. The second-order valence-corrected chi connectivity index (χ2v) is 9.56. The van der Waals surface area contributed by atoms with Crippen LogP contribution in [0, 0.1) is 5.82 Å². The number of nitrogens with one attached hydrogen (secondary N) is 2. The van der Waals surface area contributed by atoms with E-state index in [0.29, 0.717) is 37.5 Å². The summed E-state index contributed by atoms with van der Waals surface area (Å²) in [5, 5.41) is 6.38. The van der Waals surface area contributed by atoms with Crippen molar-refractivity contribution >= 4 is 21.5 Å². The lowest BCUT2D eigenvalue weighted by atomic mass is 10.1. The Bertz CT molecular complexity index is 929. The number of guanidine groups is 1. The summed E-state index contributed by atoms with van der Waals surface area (Å²) < 4.78 is 42.1. The molecule has 0 atom stereocenters. The zero-order valence-electron chi connectivity index (χ0n) is 17.7. The van der Waals surface area contributed by atoms with Crippen LogP contribution in [0.5, 0.6) is 5.75 Å². The second kappa shape index (κ2) is 11.5. The molecule has 0 unspecified atom stereocenters. The maximum Gasteiger partial charge on any atom is 0.195 e. The highest BCUT2D eigenvalue weighted by Crippen LogP contribution is 2.17. The van der Waals surface area contributed by atoms with Crippen LogP contribution < -0.4 is 15.4 Å². The molecular weight excluding hydrogens is 405 g/mol. The number of hydrogen-bond donors (Lipinski definition) is 2. The third kappa shape index (κ3) is 9.26. The van der Waals surface area contributed by atoms with E-state index in [1.165, 1.54) is 12.3 Å². The first-order valence-corrected chi connectivity index (χ1v) is 12.0. The van der Waals surface area contributed by atoms with Crippen molar-refractivity contribution < 1.29 is 17.5 Å². The van der Waals surface area contributed by atoms with Gasteiger partial charge in [-0.05, 0) is 62.6 Å². The first kappa shape index (κ1) is 23.7. The SMILES string of the molecule is CC(C)Oc1ccc(NC(=NCCCS(C)(=O)=O)NCCc2ccccc2F)cc1. The van der Waals surface area contributed by atoms with Crippen LogP contribution >= 0.6 is 0 Å². The highest BCUT2D eigenvalue weighted by Gasteiger charge is 2.05. The normalized spacial score (nSPS) is 12.1. The molecule has 0 heterocycles. The van der Waals surface area contributed by atoms with Gasteiger partial charge in [-0.15, -0.1) is 0 Å². The van der Waals surface area contributed by atoms with Crippen molar-refractivity contribution in [2.24, 2.45) is 4.99 Å². The molecule has 2 N–H and O–H groups in total. The van der Waals surface area contributed by atoms with Gasteiger partial charge < -0.3 is 15.4 Å². The Morgan fingerprint density at radius 1 is 1.13 bits per heavy atom. The van der Waals surface area contributed by atoms with E-state index >= 15 is 0 Å². The van der Waals surface area contributed by atoms with Crippen molar-refractivity contribution in [2.75, 3.05) is 30.4 Å². The molecule has 0 bridgehead atoms. The largest absolute Gasteiger partial charge is 0.491 e. The summed E-state index contributed by atoms with van der Waals surface area (Å²) >= 11 is 0. The summed E-state index contributed by atoms with van der Waals surface area (Å²) in [5.41, 5.74) is 1.43. The zero-order valence-corrected chi connectivity index (χ0v) is 18.5. The monoisotopic (exact) mass is 435 g/mol. The average Bonchev–Trinajstić information content (AvgIpc) is 2.67. The molecule has 0 fully saturated rings.